The molecule has 2 aliphatic heterocycles. The van der Waals surface area contributed by atoms with Crippen molar-refractivity contribution in [3.63, 3.8) is 0 Å². The van der Waals surface area contributed by atoms with Gasteiger partial charge in [-0.25, -0.2) is 0 Å². The lowest BCUT2D eigenvalue weighted by Crippen LogP contribution is -2.40. The molecule has 0 aromatic heterocycles. The average Bonchev–Trinajstić information content (AvgIpc) is 2.90. The van der Waals surface area contributed by atoms with Crippen molar-refractivity contribution >= 4 is 0 Å². The maximum atomic E-state index is 3.56. The molecule has 1 N–H and O–H groups in total. The van der Waals surface area contributed by atoms with Crippen LogP contribution in [0, 0.1) is 10.8 Å². The molecule has 17 heavy (non-hydrogen) atoms. The monoisotopic (exact) mass is 236 g/mol. The number of nitrogens with zero attached hydrogens (tertiary/aromatic N) is 1. The van der Waals surface area contributed by atoms with Gasteiger partial charge < -0.3 is 5.32 Å². The van der Waals surface area contributed by atoms with Crippen molar-refractivity contribution < 1.29 is 0 Å². The zero-order valence-electron chi connectivity index (χ0n) is 11.6. The van der Waals surface area contributed by atoms with Crippen LogP contribution >= 0.6 is 0 Å². The fraction of sp³-hybridized carbons (Fsp3) is 1.00. The van der Waals surface area contributed by atoms with Gasteiger partial charge in [0, 0.05) is 19.1 Å². The largest absolute Gasteiger partial charge is 0.316 e. The summed E-state index contributed by atoms with van der Waals surface area (Å²) in [6.07, 6.45) is 8.60. The fourth-order valence-electron chi connectivity index (χ4n) is 4.17. The Morgan fingerprint density at radius 3 is 2.47 bits per heavy atom. The third-order valence-electron chi connectivity index (χ3n) is 5.63. The number of rotatable bonds is 1. The first kappa shape index (κ1) is 12.0. The van der Waals surface area contributed by atoms with Gasteiger partial charge in [-0.15, -0.1) is 0 Å². The third kappa shape index (κ3) is 2.39. The van der Waals surface area contributed by atoms with Crippen molar-refractivity contribution in [2.24, 2.45) is 10.8 Å². The van der Waals surface area contributed by atoms with E-state index in [9.17, 15) is 0 Å². The number of hydrogen-bond acceptors (Lipinski definition) is 2. The molecule has 2 saturated heterocycles. The second-order valence-electron chi connectivity index (χ2n) is 7.54. The Hall–Kier alpha value is -0.0800. The SMILES string of the molecule is CC1(C)CCC(N2CCC3(CCNC3)C2)CC1. The van der Waals surface area contributed by atoms with Gasteiger partial charge in [0.25, 0.3) is 0 Å². The normalized spacial score (nSPS) is 39.2. The zero-order chi connectivity index (χ0) is 11.9. The molecular formula is C15H28N2. The van der Waals surface area contributed by atoms with Gasteiger partial charge in [-0.3, -0.25) is 4.90 Å². The Balaban J connectivity index is 1.57. The summed E-state index contributed by atoms with van der Waals surface area (Å²) in [4.78, 5) is 2.82. The molecule has 0 amide bonds. The van der Waals surface area contributed by atoms with Crippen molar-refractivity contribution in [2.45, 2.75) is 58.4 Å². The molecule has 0 radical (unpaired) electrons. The molecule has 1 aliphatic carbocycles. The third-order valence-corrected chi connectivity index (χ3v) is 5.63. The van der Waals surface area contributed by atoms with Gasteiger partial charge in [0.2, 0.25) is 0 Å². The summed E-state index contributed by atoms with van der Waals surface area (Å²) in [5.41, 5.74) is 1.27. The Labute approximate surface area is 106 Å². The average molecular weight is 236 g/mol. The van der Waals surface area contributed by atoms with Crippen molar-refractivity contribution in [3.05, 3.63) is 0 Å². The standard InChI is InChI=1S/C15H28N2/c1-14(2)5-3-13(4-6-14)17-10-8-15(12-17)7-9-16-11-15/h13,16H,3-12H2,1-2H3. The molecule has 0 aromatic rings. The minimum absolute atomic E-state index is 0.614. The number of nitrogens with one attached hydrogen (secondary N) is 1. The lowest BCUT2D eigenvalue weighted by atomic mass is 9.75. The Bertz CT molecular complexity index is 269. The first-order chi connectivity index (χ1) is 8.09. The van der Waals surface area contributed by atoms with Crippen LogP contribution in [0.1, 0.15) is 52.4 Å². The summed E-state index contributed by atoms with van der Waals surface area (Å²) < 4.78 is 0. The van der Waals surface area contributed by atoms with E-state index >= 15 is 0 Å². The molecule has 2 heterocycles. The van der Waals surface area contributed by atoms with E-state index < -0.39 is 0 Å². The van der Waals surface area contributed by atoms with E-state index in [1.807, 2.05) is 0 Å². The predicted octanol–water partition coefficient (Wildman–Crippen LogP) is 2.64. The molecule has 98 valence electrons. The van der Waals surface area contributed by atoms with Crippen LogP contribution in [0.15, 0.2) is 0 Å². The van der Waals surface area contributed by atoms with Crippen molar-refractivity contribution in [1.29, 1.82) is 0 Å². The van der Waals surface area contributed by atoms with Crippen LogP contribution in [0.25, 0.3) is 0 Å². The van der Waals surface area contributed by atoms with Crippen LogP contribution in [-0.4, -0.2) is 37.1 Å². The topological polar surface area (TPSA) is 15.3 Å². The van der Waals surface area contributed by atoms with Crippen LogP contribution in [0.4, 0.5) is 0 Å². The Morgan fingerprint density at radius 2 is 1.82 bits per heavy atom. The van der Waals surface area contributed by atoms with E-state index in [0.717, 1.165) is 6.04 Å². The van der Waals surface area contributed by atoms with Crippen molar-refractivity contribution in [2.75, 3.05) is 26.2 Å². The predicted molar refractivity (Wildman–Crippen MR) is 72.1 cm³/mol. The number of likely N-dealkylation sites (tertiary alicyclic amines) is 1. The van der Waals surface area contributed by atoms with Gasteiger partial charge in [-0.05, 0) is 62.4 Å². The highest BCUT2D eigenvalue weighted by atomic mass is 15.2. The Morgan fingerprint density at radius 1 is 1.06 bits per heavy atom. The zero-order valence-corrected chi connectivity index (χ0v) is 11.6. The second kappa shape index (κ2) is 4.24. The van der Waals surface area contributed by atoms with Crippen LogP contribution in [-0.2, 0) is 0 Å². The highest BCUT2D eigenvalue weighted by molar-refractivity contribution is 4.98. The van der Waals surface area contributed by atoms with Gasteiger partial charge in [0.05, 0.1) is 0 Å². The quantitative estimate of drug-likeness (QED) is 0.753. The smallest absolute Gasteiger partial charge is 0.00959 e. The molecule has 3 aliphatic rings. The van der Waals surface area contributed by atoms with Crippen LogP contribution in [0.2, 0.25) is 0 Å². The molecular weight excluding hydrogens is 208 g/mol. The lowest BCUT2D eigenvalue weighted by Gasteiger charge is -2.39. The lowest BCUT2D eigenvalue weighted by molar-refractivity contribution is 0.117. The minimum Gasteiger partial charge on any atom is -0.316 e. The van der Waals surface area contributed by atoms with E-state index in [4.69, 9.17) is 0 Å². The summed E-state index contributed by atoms with van der Waals surface area (Å²) in [5, 5.41) is 3.56. The summed E-state index contributed by atoms with van der Waals surface area (Å²) >= 11 is 0. The summed E-state index contributed by atoms with van der Waals surface area (Å²) in [7, 11) is 0. The summed E-state index contributed by atoms with van der Waals surface area (Å²) in [6.45, 7) is 10.2. The number of hydrogen-bond donors (Lipinski definition) is 1. The maximum Gasteiger partial charge on any atom is 0.00959 e. The van der Waals surface area contributed by atoms with E-state index in [-0.39, 0.29) is 0 Å². The van der Waals surface area contributed by atoms with E-state index in [0.29, 0.717) is 10.8 Å². The maximum absolute atomic E-state index is 3.56. The van der Waals surface area contributed by atoms with Crippen molar-refractivity contribution in [1.82, 2.24) is 10.2 Å². The van der Waals surface area contributed by atoms with E-state index in [1.165, 1.54) is 64.7 Å². The van der Waals surface area contributed by atoms with E-state index in [2.05, 4.69) is 24.1 Å². The van der Waals surface area contributed by atoms with Crippen LogP contribution in [0.3, 0.4) is 0 Å². The summed E-state index contributed by atoms with van der Waals surface area (Å²) in [5.74, 6) is 0. The van der Waals surface area contributed by atoms with Gasteiger partial charge in [-0.1, -0.05) is 13.8 Å². The van der Waals surface area contributed by atoms with Crippen LogP contribution < -0.4 is 5.32 Å². The van der Waals surface area contributed by atoms with Crippen molar-refractivity contribution in [3.8, 4) is 0 Å². The molecule has 3 rings (SSSR count). The highest BCUT2D eigenvalue weighted by Crippen LogP contribution is 2.42. The van der Waals surface area contributed by atoms with Gasteiger partial charge in [-0.2, -0.15) is 0 Å². The van der Waals surface area contributed by atoms with Crippen LogP contribution in [0.5, 0.6) is 0 Å². The molecule has 1 atom stereocenters. The van der Waals surface area contributed by atoms with Gasteiger partial charge >= 0.3 is 0 Å². The first-order valence-corrected chi connectivity index (χ1v) is 7.54. The molecule has 2 nitrogen and oxygen atoms in total. The summed E-state index contributed by atoms with van der Waals surface area (Å²) in [6, 6.07) is 0.906. The first-order valence-electron chi connectivity index (χ1n) is 7.54. The van der Waals surface area contributed by atoms with Gasteiger partial charge in [0.15, 0.2) is 0 Å². The molecule has 0 bridgehead atoms. The molecule has 1 saturated carbocycles. The van der Waals surface area contributed by atoms with E-state index in [1.54, 1.807) is 0 Å². The molecule has 1 unspecified atom stereocenters. The van der Waals surface area contributed by atoms with Gasteiger partial charge in [0.1, 0.15) is 0 Å². The Kier molecular flexibility index (Phi) is 2.99. The fourth-order valence-corrected chi connectivity index (χ4v) is 4.17. The minimum atomic E-state index is 0.614. The molecule has 0 aromatic carbocycles. The molecule has 1 spiro atoms. The molecule has 2 heteroatoms. The highest BCUT2D eigenvalue weighted by Gasteiger charge is 2.43. The second-order valence-corrected chi connectivity index (χ2v) is 7.54. The molecule has 3 fully saturated rings.